The molecule has 3 rings (SSSR count). The fourth-order valence-corrected chi connectivity index (χ4v) is 3.14. The lowest BCUT2D eigenvalue weighted by atomic mass is 10.2. The van der Waals surface area contributed by atoms with Crippen molar-refractivity contribution in [2.45, 2.75) is 13.5 Å². The van der Waals surface area contributed by atoms with Gasteiger partial charge >= 0.3 is 0 Å². The molecule has 0 spiro atoms. The Morgan fingerprint density at radius 2 is 2.00 bits per heavy atom. The third kappa shape index (κ3) is 2.87. The number of nitro benzene ring substituents is 1. The van der Waals surface area contributed by atoms with Gasteiger partial charge in [-0.2, -0.15) is 0 Å². The molecule has 2 aromatic carbocycles. The zero-order valence-electron chi connectivity index (χ0n) is 11.4. The van der Waals surface area contributed by atoms with Crippen LogP contribution in [0.1, 0.15) is 10.4 Å². The smallest absolute Gasteiger partial charge is 0.269 e. The first-order chi connectivity index (χ1) is 10.1. The number of benzene rings is 2. The molecule has 0 atom stereocenters. The highest BCUT2D eigenvalue weighted by atomic mass is 32.1. The molecular weight excluding hydrogens is 286 g/mol. The second-order valence-corrected chi connectivity index (χ2v) is 5.91. The number of hydrogen-bond donors (Lipinski definition) is 0. The van der Waals surface area contributed by atoms with E-state index in [1.54, 1.807) is 17.4 Å². The molecule has 0 aliphatic rings. The summed E-state index contributed by atoms with van der Waals surface area (Å²) in [6.07, 6.45) is 0. The van der Waals surface area contributed by atoms with Crippen LogP contribution in [0, 0.1) is 17.0 Å². The number of nitro groups is 1. The monoisotopic (exact) mass is 299 g/mol. The van der Waals surface area contributed by atoms with Gasteiger partial charge in [-0.15, -0.1) is 11.3 Å². The van der Waals surface area contributed by atoms with Crippen LogP contribution >= 0.6 is 11.3 Å². The number of rotatable bonds is 4. The number of fused-ring (bicyclic) bond motifs is 1. The van der Waals surface area contributed by atoms with Crippen molar-refractivity contribution in [3.05, 3.63) is 69.1 Å². The minimum Gasteiger partial charge on any atom is -0.488 e. The van der Waals surface area contributed by atoms with Crippen LogP contribution in [0.5, 0.6) is 5.75 Å². The highest BCUT2D eigenvalue weighted by molar-refractivity contribution is 7.19. The standard InChI is InChI=1S/C16H13NO3S/c1-11-8-13(17(18)19)6-7-15(11)20-10-14-9-12-4-2-3-5-16(12)21-14/h2-9H,10H2,1H3. The molecule has 0 saturated heterocycles. The number of thiophene rings is 1. The maximum Gasteiger partial charge on any atom is 0.269 e. The molecule has 0 amide bonds. The van der Waals surface area contributed by atoms with E-state index in [9.17, 15) is 10.1 Å². The van der Waals surface area contributed by atoms with Gasteiger partial charge in [-0.05, 0) is 36.1 Å². The van der Waals surface area contributed by atoms with E-state index >= 15 is 0 Å². The fourth-order valence-electron chi connectivity index (χ4n) is 2.17. The average molecular weight is 299 g/mol. The summed E-state index contributed by atoms with van der Waals surface area (Å²) in [7, 11) is 0. The summed E-state index contributed by atoms with van der Waals surface area (Å²) >= 11 is 1.70. The van der Waals surface area contributed by atoms with Gasteiger partial charge in [0.15, 0.2) is 0 Å². The van der Waals surface area contributed by atoms with Crippen LogP contribution in [0.25, 0.3) is 10.1 Å². The molecule has 0 N–H and O–H groups in total. The SMILES string of the molecule is Cc1cc([N+](=O)[O-])ccc1OCc1cc2ccccc2s1. The predicted octanol–water partition coefficient (Wildman–Crippen LogP) is 4.70. The second kappa shape index (κ2) is 5.54. The van der Waals surface area contributed by atoms with Crippen molar-refractivity contribution >= 4 is 27.1 Å². The summed E-state index contributed by atoms with van der Waals surface area (Å²) < 4.78 is 7.01. The molecule has 1 aromatic heterocycles. The molecule has 0 aliphatic carbocycles. The van der Waals surface area contributed by atoms with Gasteiger partial charge in [0.05, 0.1) is 4.92 Å². The molecular formula is C16H13NO3S. The van der Waals surface area contributed by atoms with Crippen molar-refractivity contribution < 1.29 is 9.66 Å². The number of nitrogens with zero attached hydrogens (tertiary/aromatic N) is 1. The Bertz CT molecular complexity index is 777. The molecule has 0 radical (unpaired) electrons. The summed E-state index contributed by atoms with van der Waals surface area (Å²) in [6, 6.07) is 15.0. The van der Waals surface area contributed by atoms with Crippen molar-refractivity contribution in [3.8, 4) is 5.75 Å². The number of aryl methyl sites for hydroxylation is 1. The van der Waals surface area contributed by atoms with Crippen LogP contribution in [0.3, 0.4) is 0 Å². The minimum atomic E-state index is -0.400. The maximum absolute atomic E-state index is 10.7. The van der Waals surface area contributed by atoms with E-state index in [1.807, 2.05) is 19.1 Å². The topological polar surface area (TPSA) is 52.4 Å². The highest BCUT2D eigenvalue weighted by Crippen LogP contribution is 2.28. The van der Waals surface area contributed by atoms with Crippen LogP contribution in [0.15, 0.2) is 48.5 Å². The summed E-state index contributed by atoms with van der Waals surface area (Å²) in [5.41, 5.74) is 0.854. The summed E-state index contributed by atoms with van der Waals surface area (Å²) in [4.78, 5) is 11.4. The highest BCUT2D eigenvalue weighted by Gasteiger charge is 2.09. The molecule has 0 saturated carbocycles. The summed E-state index contributed by atoms with van der Waals surface area (Å²) in [6.45, 7) is 2.28. The van der Waals surface area contributed by atoms with Gasteiger partial charge in [0.1, 0.15) is 12.4 Å². The largest absolute Gasteiger partial charge is 0.488 e. The van der Waals surface area contributed by atoms with Gasteiger partial charge in [0.2, 0.25) is 0 Å². The maximum atomic E-state index is 10.7. The van der Waals surface area contributed by atoms with Gasteiger partial charge in [0.25, 0.3) is 5.69 Å². The fraction of sp³-hybridized carbons (Fsp3) is 0.125. The summed E-state index contributed by atoms with van der Waals surface area (Å²) in [5, 5.41) is 11.9. The molecule has 4 nitrogen and oxygen atoms in total. The van der Waals surface area contributed by atoms with E-state index in [-0.39, 0.29) is 5.69 Å². The second-order valence-electron chi connectivity index (χ2n) is 4.75. The Morgan fingerprint density at radius 1 is 1.19 bits per heavy atom. The third-order valence-electron chi connectivity index (χ3n) is 3.22. The number of hydrogen-bond acceptors (Lipinski definition) is 4. The molecule has 0 fully saturated rings. The van der Waals surface area contributed by atoms with Crippen molar-refractivity contribution in [2.24, 2.45) is 0 Å². The number of non-ortho nitro benzene ring substituents is 1. The molecule has 0 unspecified atom stereocenters. The lowest BCUT2D eigenvalue weighted by Gasteiger charge is -2.07. The predicted molar refractivity (Wildman–Crippen MR) is 84.0 cm³/mol. The molecule has 3 aromatic rings. The molecule has 0 aliphatic heterocycles. The van der Waals surface area contributed by atoms with Crippen molar-refractivity contribution in [2.75, 3.05) is 0 Å². The van der Waals surface area contributed by atoms with Crippen LogP contribution in [0.4, 0.5) is 5.69 Å². The van der Waals surface area contributed by atoms with Crippen molar-refractivity contribution in [1.29, 1.82) is 0 Å². The Balaban J connectivity index is 1.76. The molecule has 1 heterocycles. The minimum absolute atomic E-state index is 0.0849. The first kappa shape index (κ1) is 13.6. The van der Waals surface area contributed by atoms with Crippen LogP contribution < -0.4 is 4.74 Å². The molecule has 21 heavy (non-hydrogen) atoms. The van der Waals surface area contributed by atoms with Gasteiger partial charge in [0, 0.05) is 21.7 Å². The van der Waals surface area contributed by atoms with E-state index in [4.69, 9.17) is 4.74 Å². The normalized spacial score (nSPS) is 10.7. The first-order valence-electron chi connectivity index (χ1n) is 6.49. The number of ether oxygens (including phenoxy) is 1. The van der Waals surface area contributed by atoms with Crippen LogP contribution in [-0.4, -0.2) is 4.92 Å². The van der Waals surface area contributed by atoms with E-state index in [0.717, 1.165) is 10.4 Å². The van der Waals surface area contributed by atoms with E-state index in [1.165, 1.54) is 22.2 Å². The molecule has 106 valence electrons. The van der Waals surface area contributed by atoms with E-state index in [2.05, 4.69) is 18.2 Å². The van der Waals surface area contributed by atoms with Crippen LogP contribution in [-0.2, 0) is 6.61 Å². The Kier molecular flexibility index (Phi) is 3.58. The Labute approximate surface area is 125 Å². The zero-order chi connectivity index (χ0) is 14.8. The summed E-state index contributed by atoms with van der Waals surface area (Å²) in [5.74, 6) is 0.679. The van der Waals surface area contributed by atoms with Gasteiger partial charge < -0.3 is 4.74 Å². The average Bonchev–Trinajstić information content (AvgIpc) is 2.88. The molecule has 5 heteroatoms. The zero-order valence-corrected chi connectivity index (χ0v) is 12.2. The Morgan fingerprint density at radius 3 is 2.71 bits per heavy atom. The lowest BCUT2D eigenvalue weighted by molar-refractivity contribution is -0.384. The van der Waals surface area contributed by atoms with Gasteiger partial charge in [-0.3, -0.25) is 10.1 Å². The van der Waals surface area contributed by atoms with Gasteiger partial charge in [-0.1, -0.05) is 18.2 Å². The van der Waals surface area contributed by atoms with Crippen molar-refractivity contribution in [1.82, 2.24) is 0 Å². The lowest BCUT2D eigenvalue weighted by Crippen LogP contribution is -1.96. The molecule has 0 bridgehead atoms. The van der Waals surface area contributed by atoms with E-state index in [0.29, 0.717) is 12.4 Å². The van der Waals surface area contributed by atoms with E-state index < -0.39 is 4.92 Å². The first-order valence-corrected chi connectivity index (χ1v) is 7.30. The quantitative estimate of drug-likeness (QED) is 0.518. The Hall–Kier alpha value is -2.40. The van der Waals surface area contributed by atoms with Crippen molar-refractivity contribution in [3.63, 3.8) is 0 Å². The van der Waals surface area contributed by atoms with Crippen LogP contribution in [0.2, 0.25) is 0 Å². The third-order valence-corrected chi connectivity index (χ3v) is 4.31. The van der Waals surface area contributed by atoms with Gasteiger partial charge in [-0.25, -0.2) is 0 Å².